The fourth-order valence-corrected chi connectivity index (χ4v) is 3.05. The van der Waals surface area contributed by atoms with Gasteiger partial charge < -0.3 is 10.4 Å². The monoisotopic (exact) mass is 272 g/mol. The molecule has 1 aliphatic rings. The molecule has 3 heteroatoms. The van der Waals surface area contributed by atoms with Gasteiger partial charge in [0.15, 0.2) is 0 Å². The lowest BCUT2D eigenvalue weighted by Crippen LogP contribution is -2.39. The van der Waals surface area contributed by atoms with Gasteiger partial charge in [0.05, 0.1) is 17.7 Å². The molecule has 2 rings (SSSR count). The zero-order chi connectivity index (χ0) is 14.6. The van der Waals surface area contributed by atoms with E-state index in [0.29, 0.717) is 23.6 Å². The van der Waals surface area contributed by atoms with Crippen LogP contribution < -0.4 is 5.32 Å². The third kappa shape index (κ3) is 4.06. The van der Waals surface area contributed by atoms with Crippen LogP contribution in [-0.4, -0.2) is 17.7 Å². The summed E-state index contributed by atoms with van der Waals surface area (Å²) < 4.78 is 0. The molecule has 1 saturated carbocycles. The summed E-state index contributed by atoms with van der Waals surface area (Å²) in [6.07, 6.45) is 4.42. The molecule has 108 valence electrons. The predicted molar refractivity (Wildman–Crippen MR) is 80.2 cm³/mol. The smallest absolute Gasteiger partial charge is 0.0991 e. The minimum atomic E-state index is -0.507. The van der Waals surface area contributed by atoms with Crippen LogP contribution in [0.5, 0.6) is 0 Å². The number of nitrogens with one attached hydrogen (secondary N) is 1. The maximum Gasteiger partial charge on any atom is 0.0991 e. The van der Waals surface area contributed by atoms with Gasteiger partial charge in [0.1, 0.15) is 0 Å². The van der Waals surface area contributed by atoms with Crippen LogP contribution in [0.3, 0.4) is 0 Å². The first-order valence-corrected chi connectivity index (χ1v) is 7.42. The van der Waals surface area contributed by atoms with E-state index in [1.807, 2.05) is 12.1 Å². The number of nitrogens with zero attached hydrogens (tertiary/aromatic N) is 1. The first kappa shape index (κ1) is 15.0. The van der Waals surface area contributed by atoms with Crippen LogP contribution in [0.1, 0.15) is 56.8 Å². The molecule has 0 spiro atoms. The molecular weight excluding hydrogens is 248 g/mol. The minimum Gasteiger partial charge on any atom is -0.387 e. The Morgan fingerprint density at radius 2 is 2.10 bits per heavy atom. The number of benzene rings is 1. The Kier molecular flexibility index (Phi) is 4.80. The lowest BCUT2D eigenvalue weighted by Gasteiger charge is -2.36. The third-order valence-corrected chi connectivity index (χ3v) is 4.23. The number of hydrogen-bond donors (Lipinski definition) is 2. The topological polar surface area (TPSA) is 56.0 Å². The Bertz CT molecular complexity index is 473. The van der Waals surface area contributed by atoms with Gasteiger partial charge in [-0.05, 0) is 42.4 Å². The van der Waals surface area contributed by atoms with E-state index in [1.54, 1.807) is 12.1 Å². The molecule has 20 heavy (non-hydrogen) atoms. The molecule has 0 amide bonds. The highest BCUT2D eigenvalue weighted by atomic mass is 16.3. The molecule has 0 saturated heterocycles. The van der Waals surface area contributed by atoms with Gasteiger partial charge in [0.2, 0.25) is 0 Å². The van der Waals surface area contributed by atoms with Crippen molar-refractivity contribution < 1.29 is 5.11 Å². The Morgan fingerprint density at radius 1 is 1.40 bits per heavy atom. The predicted octanol–water partition coefficient (Wildman–Crippen LogP) is 3.15. The first-order valence-electron chi connectivity index (χ1n) is 7.42. The van der Waals surface area contributed by atoms with Gasteiger partial charge in [-0.15, -0.1) is 0 Å². The summed E-state index contributed by atoms with van der Waals surface area (Å²) in [6.45, 7) is 5.21. The third-order valence-electron chi connectivity index (χ3n) is 4.23. The second-order valence-corrected chi connectivity index (χ2v) is 6.62. The molecule has 1 aromatic carbocycles. The molecule has 2 N–H and O–H groups in total. The van der Waals surface area contributed by atoms with Gasteiger partial charge >= 0.3 is 0 Å². The number of aliphatic hydroxyl groups is 1. The van der Waals surface area contributed by atoms with Gasteiger partial charge in [-0.2, -0.15) is 5.26 Å². The molecule has 0 aromatic heterocycles. The first-order chi connectivity index (χ1) is 9.50. The van der Waals surface area contributed by atoms with Crippen LogP contribution in [0.4, 0.5) is 0 Å². The molecule has 3 nitrogen and oxygen atoms in total. The highest BCUT2D eigenvalue weighted by Gasteiger charge is 2.27. The second kappa shape index (κ2) is 6.39. The molecule has 0 aliphatic heterocycles. The molecule has 0 heterocycles. The zero-order valence-electron chi connectivity index (χ0n) is 12.4. The van der Waals surface area contributed by atoms with E-state index >= 15 is 0 Å². The largest absolute Gasteiger partial charge is 0.387 e. The molecule has 1 aromatic rings. The number of nitriles is 1. The Labute approximate surface area is 121 Å². The van der Waals surface area contributed by atoms with Crippen LogP contribution in [0.25, 0.3) is 0 Å². The summed E-state index contributed by atoms with van der Waals surface area (Å²) in [5.41, 5.74) is 1.91. The lowest BCUT2D eigenvalue weighted by molar-refractivity contribution is 0.147. The molecular formula is C17H24N2O. The van der Waals surface area contributed by atoms with E-state index in [-0.39, 0.29) is 0 Å². The molecule has 1 aliphatic carbocycles. The summed E-state index contributed by atoms with van der Waals surface area (Å²) in [5, 5.41) is 22.5. The number of rotatable bonds is 4. The van der Waals surface area contributed by atoms with Crippen molar-refractivity contribution in [2.24, 2.45) is 5.41 Å². The summed E-state index contributed by atoms with van der Waals surface area (Å²) in [6, 6.07) is 9.76. The normalized spacial score (nSPS) is 23.0. The fourth-order valence-electron chi connectivity index (χ4n) is 3.05. The molecule has 0 radical (unpaired) electrons. The standard InChI is InChI=1S/C17H24N2O/c1-17(2)9-3-4-15(10-17)19-12-16(20)14-7-5-13(11-18)6-8-14/h5-8,15-16,19-20H,3-4,9-10,12H2,1-2H3. The summed E-state index contributed by atoms with van der Waals surface area (Å²) in [7, 11) is 0. The van der Waals surface area contributed by atoms with Crippen molar-refractivity contribution in [3.8, 4) is 6.07 Å². The van der Waals surface area contributed by atoms with Gasteiger partial charge in [-0.3, -0.25) is 0 Å². The van der Waals surface area contributed by atoms with Crippen LogP contribution in [0.15, 0.2) is 24.3 Å². The Hall–Kier alpha value is -1.37. The lowest BCUT2D eigenvalue weighted by atomic mass is 9.75. The van der Waals surface area contributed by atoms with Gasteiger partial charge in [0, 0.05) is 12.6 Å². The van der Waals surface area contributed by atoms with E-state index in [2.05, 4.69) is 25.2 Å². The van der Waals surface area contributed by atoms with Crippen molar-refractivity contribution in [1.29, 1.82) is 5.26 Å². The van der Waals surface area contributed by atoms with Crippen molar-refractivity contribution in [3.63, 3.8) is 0 Å². The van der Waals surface area contributed by atoms with Gasteiger partial charge in [0.25, 0.3) is 0 Å². The van der Waals surface area contributed by atoms with Crippen molar-refractivity contribution in [3.05, 3.63) is 35.4 Å². The average molecular weight is 272 g/mol. The average Bonchev–Trinajstić information content (AvgIpc) is 2.44. The Balaban J connectivity index is 1.85. The van der Waals surface area contributed by atoms with Gasteiger partial charge in [-0.25, -0.2) is 0 Å². The van der Waals surface area contributed by atoms with Crippen molar-refractivity contribution in [2.45, 2.75) is 51.7 Å². The van der Waals surface area contributed by atoms with E-state index in [1.165, 1.54) is 25.7 Å². The van der Waals surface area contributed by atoms with E-state index < -0.39 is 6.10 Å². The molecule has 0 bridgehead atoms. The highest BCUT2D eigenvalue weighted by Crippen LogP contribution is 2.35. The minimum absolute atomic E-state index is 0.412. The van der Waals surface area contributed by atoms with Crippen LogP contribution in [0, 0.1) is 16.7 Å². The summed E-state index contributed by atoms with van der Waals surface area (Å²) >= 11 is 0. The van der Waals surface area contributed by atoms with Crippen molar-refractivity contribution in [1.82, 2.24) is 5.32 Å². The van der Waals surface area contributed by atoms with Crippen LogP contribution in [0.2, 0.25) is 0 Å². The highest BCUT2D eigenvalue weighted by molar-refractivity contribution is 5.32. The second-order valence-electron chi connectivity index (χ2n) is 6.62. The molecule has 2 unspecified atom stereocenters. The Morgan fingerprint density at radius 3 is 2.70 bits per heavy atom. The summed E-state index contributed by atoms with van der Waals surface area (Å²) in [5.74, 6) is 0. The molecule has 1 fully saturated rings. The summed E-state index contributed by atoms with van der Waals surface area (Å²) in [4.78, 5) is 0. The maximum absolute atomic E-state index is 10.2. The van der Waals surface area contributed by atoms with Gasteiger partial charge in [-0.1, -0.05) is 32.4 Å². The fraction of sp³-hybridized carbons (Fsp3) is 0.588. The van der Waals surface area contributed by atoms with Crippen LogP contribution in [-0.2, 0) is 0 Å². The zero-order valence-corrected chi connectivity index (χ0v) is 12.4. The quantitative estimate of drug-likeness (QED) is 0.885. The van der Waals surface area contributed by atoms with Crippen molar-refractivity contribution in [2.75, 3.05) is 6.54 Å². The van der Waals surface area contributed by atoms with E-state index in [0.717, 1.165) is 5.56 Å². The number of hydrogen-bond acceptors (Lipinski definition) is 3. The van der Waals surface area contributed by atoms with Crippen LogP contribution >= 0.6 is 0 Å². The van der Waals surface area contributed by atoms with Crippen molar-refractivity contribution >= 4 is 0 Å². The SMILES string of the molecule is CC1(C)CCCC(NCC(O)c2ccc(C#N)cc2)C1. The number of aliphatic hydroxyl groups excluding tert-OH is 1. The molecule has 2 atom stereocenters. The maximum atomic E-state index is 10.2. The van der Waals surface area contributed by atoms with E-state index in [9.17, 15) is 5.11 Å². The van der Waals surface area contributed by atoms with E-state index in [4.69, 9.17) is 5.26 Å².